The number of anilines is 1. The molecule has 1 unspecified atom stereocenters. The van der Waals surface area contributed by atoms with Crippen LogP contribution in [0.5, 0.6) is 5.75 Å². The zero-order chi connectivity index (χ0) is 21.7. The quantitative estimate of drug-likeness (QED) is 0.571. The largest absolute Gasteiger partial charge is 0.503 e. The molecule has 0 radical (unpaired) electrons. The molecule has 2 aromatic carbocycles. The van der Waals surface area contributed by atoms with Crippen LogP contribution < -0.4 is 9.64 Å². The summed E-state index contributed by atoms with van der Waals surface area (Å²) in [5.74, 6) is -1.49. The molecule has 1 aliphatic heterocycles. The van der Waals surface area contributed by atoms with Crippen molar-refractivity contribution >= 4 is 17.4 Å². The zero-order valence-corrected chi connectivity index (χ0v) is 17.2. The van der Waals surface area contributed by atoms with Gasteiger partial charge in [0.1, 0.15) is 11.6 Å². The standard InChI is InChI=1S/C24H26FNO4/c1-3-4-5-6-14-30-20-9-7-8-19(15-20)26-22(17-10-12-18(25)13-11-17)21(16(2)27)23(28)24(26)29/h7-13,15,22,28H,3-6,14H2,1-2H3. The molecule has 1 heterocycles. The van der Waals surface area contributed by atoms with Crippen molar-refractivity contribution in [3.8, 4) is 5.75 Å². The van der Waals surface area contributed by atoms with E-state index in [0.29, 0.717) is 23.6 Å². The zero-order valence-electron chi connectivity index (χ0n) is 17.2. The number of carbonyl (C=O) groups excluding carboxylic acids is 2. The number of ether oxygens (including phenoxy) is 1. The SMILES string of the molecule is CCCCCCOc1cccc(N2C(=O)C(O)=C(C(C)=O)C2c2ccc(F)cc2)c1. The highest BCUT2D eigenvalue weighted by atomic mass is 19.1. The molecule has 0 aliphatic carbocycles. The molecule has 3 rings (SSSR count). The van der Waals surface area contributed by atoms with Gasteiger partial charge in [-0.3, -0.25) is 14.5 Å². The molecule has 5 nitrogen and oxygen atoms in total. The number of hydrogen-bond donors (Lipinski definition) is 1. The van der Waals surface area contributed by atoms with Gasteiger partial charge in [0.2, 0.25) is 0 Å². The number of aliphatic hydroxyl groups is 1. The highest BCUT2D eigenvalue weighted by molar-refractivity contribution is 6.16. The fourth-order valence-corrected chi connectivity index (χ4v) is 3.63. The predicted molar refractivity (Wildman–Crippen MR) is 113 cm³/mol. The fraction of sp³-hybridized carbons (Fsp3) is 0.333. The lowest BCUT2D eigenvalue weighted by atomic mass is 9.96. The van der Waals surface area contributed by atoms with Crippen LogP contribution in [-0.2, 0) is 9.59 Å². The molecular weight excluding hydrogens is 385 g/mol. The van der Waals surface area contributed by atoms with Crippen LogP contribution in [0.25, 0.3) is 0 Å². The fourth-order valence-electron chi connectivity index (χ4n) is 3.63. The molecule has 0 saturated carbocycles. The third kappa shape index (κ3) is 4.53. The number of amides is 1. The van der Waals surface area contributed by atoms with E-state index in [1.54, 1.807) is 24.3 Å². The molecule has 1 amide bonds. The smallest absolute Gasteiger partial charge is 0.294 e. The lowest BCUT2D eigenvalue weighted by Gasteiger charge is -2.27. The summed E-state index contributed by atoms with van der Waals surface area (Å²) >= 11 is 0. The Hall–Kier alpha value is -3.15. The van der Waals surface area contributed by atoms with Gasteiger partial charge in [-0.05, 0) is 43.2 Å². The van der Waals surface area contributed by atoms with Crippen LogP contribution in [0.4, 0.5) is 10.1 Å². The Labute approximate surface area is 175 Å². The maximum Gasteiger partial charge on any atom is 0.294 e. The Morgan fingerprint density at radius 2 is 1.87 bits per heavy atom. The van der Waals surface area contributed by atoms with Crippen LogP contribution >= 0.6 is 0 Å². The van der Waals surface area contributed by atoms with Crippen LogP contribution in [0.1, 0.15) is 51.1 Å². The van der Waals surface area contributed by atoms with E-state index in [2.05, 4.69) is 6.92 Å². The highest BCUT2D eigenvalue weighted by Gasteiger charge is 2.43. The van der Waals surface area contributed by atoms with Crippen LogP contribution in [0, 0.1) is 5.82 Å². The van der Waals surface area contributed by atoms with Gasteiger partial charge in [0.15, 0.2) is 11.5 Å². The minimum atomic E-state index is -0.838. The van der Waals surface area contributed by atoms with E-state index in [1.165, 1.54) is 36.1 Å². The first-order valence-electron chi connectivity index (χ1n) is 10.2. The van der Waals surface area contributed by atoms with Crippen molar-refractivity contribution in [2.24, 2.45) is 0 Å². The van der Waals surface area contributed by atoms with Crippen molar-refractivity contribution in [3.63, 3.8) is 0 Å². The maximum atomic E-state index is 13.4. The molecular formula is C24H26FNO4. The molecule has 30 heavy (non-hydrogen) atoms. The summed E-state index contributed by atoms with van der Waals surface area (Å²) < 4.78 is 19.2. The van der Waals surface area contributed by atoms with Gasteiger partial charge in [-0.2, -0.15) is 0 Å². The van der Waals surface area contributed by atoms with Gasteiger partial charge >= 0.3 is 0 Å². The van der Waals surface area contributed by atoms with E-state index in [4.69, 9.17) is 4.74 Å². The van der Waals surface area contributed by atoms with Gasteiger partial charge in [-0.1, -0.05) is 44.4 Å². The van der Waals surface area contributed by atoms with Crippen molar-refractivity contribution < 1.29 is 23.8 Å². The molecule has 1 atom stereocenters. The number of halogens is 1. The number of nitrogens with zero attached hydrogens (tertiary/aromatic N) is 1. The molecule has 0 saturated heterocycles. The van der Waals surface area contributed by atoms with E-state index in [0.717, 1.165) is 25.7 Å². The van der Waals surface area contributed by atoms with Gasteiger partial charge in [-0.15, -0.1) is 0 Å². The minimum absolute atomic E-state index is 0.00232. The molecule has 158 valence electrons. The number of unbranched alkanes of at least 4 members (excludes halogenated alkanes) is 3. The molecule has 0 fully saturated rings. The monoisotopic (exact) mass is 411 g/mol. The van der Waals surface area contributed by atoms with E-state index < -0.39 is 29.3 Å². The number of Topliss-reactive ketones (excluding diaryl/α,β-unsaturated/α-hetero) is 1. The van der Waals surface area contributed by atoms with Gasteiger partial charge in [-0.25, -0.2) is 4.39 Å². The Morgan fingerprint density at radius 1 is 1.13 bits per heavy atom. The summed E-state index contributed by atoms with van der Waals surface area (Å²) in [7, 11) is 0. The lowest BCUT2D eigenvalue weighted by molar-refractivity contribution is -0.117. The number of carbonyl (C=O) groups is 2. The minimum Gasteiger partial charge on any atom is -0.503 e. The average Bonchev–Trinajstić information content (AvgIpc) is 3.00. The summed E-state index contributed by atoms with van der Waals surface area (Å²) in [5.41, 5.74) is 1.02. The van der Waals surface area contributed by atoms with E-state index >= 15 is 0 Å². The number of hydrogen-bond acceptors (Lipinski definition) is 4. The second kappa shape index (κ2) is 9.57. The van der Waals surface area contributed by atoms with Gasteiger partial charge in [0.25, 0.3) is 5.91 Å². The lowest BCUT2D eigenvalue weighted by Crippen LogP contribution is -2.30. The summed E-state index contributed by atoms with van der Waals surface area (Å²) in [6.45, 7) is 4.02. The average molecular weight is 411 g/mol. The first-order valence-corrected chi connectivity index (χ1v) is 10.2. The van der Waals surface area contributed by atoms with Crippen molar-refractivity contribution in [1.82, 2.24) is 0 Å². The van der Waals surface area contributed by atoms with Gasteiger partial charge in [0, 0.05) is 11.8 Å². The van der Waals surface area contributed by atoms with Crippen molar-refractivity contribution in [3.05, 3.63) is 71.2 Å². The van der Waals surface area contributed by atoms with Gasteiger partial charge < -0.3 is 9.84 Å². The van der Waals surface area contributed by atoms with Crippen molar-refractivity contribution in [2.45, 2.75) is 45.6 Å². The van der Waals surface area contributed by atoms with Crippen LogP contribution in [0.15, 0.2) is 59.9 Å². The normalized spacial score (nSPS) is 16.3. The molecule has 0 spiro atoms. The third-order valence-electron chi connectivity index (χ3n) is 5.14. The predicted octanol–water partition coefficient (Wildman–Crippen LogP) is 5.27. The van der Waals surface area contributed by atoms with Crippen LogP contribution in [0.2, 0.25) is 0 Å². The maximum absolute atomic E-state index is 13.4. The summed E-state index contributed by atoms with van der Waals surface area (Å²) in [4.78, 5) is 26.4. The summed E-state index contributed by atoms with van der Waals surface area (Å²) in [5, 5.41) is 10.4. The van der Waals surface area contributed by atoms with Gasteiger partial charge in [0.05, 0.1) is 18.2 Å². The highest BCUT2D eigenvalue weighted by Crippen LogP contribution is 2.41. The van der Waals surface area contributed by atoms with Crippen molar-refractivity contribution in [2.75, 3.05) is 11.5 Å². The Bertz CT molecular complexity index is 952. The number of rotatable bonds is 9. The summed E-state index contributed by atoms with van der Waals surface area (Å²) in [6.07, 6.45) is 4.33. The summed E-state index contributed by atoms with van der Waals surface area (Å²) in [6, 6.07) is 11.7. The molecule has 1 aliphatic rings. The number of benzene rings is 2. The first-order chi connectivity index (χ1) is 14.4. The van der Waals surface area contributed by atoms with E-state index in [1.807, 2.05) is 0 Å². The van der Waals surface area contributed by atoms with Crippen LogP contribution in [0.3, 0.4) is 0 Å². The van der Waals surface area contributed by atoms with E-state index in [9.17, 15) is 19.1 Å². The molecule has 6 heteroatoms. The molecule has 2 aromatic rings. The topological polar surface area (TPSA) is 66.8 Å². The molecule has 0 bridgehead atoms. The molecule has 0 aromatic heterocycles. The number of aliphatic hydroxyl groups excluding tert-OH is 1. The number of ketones is 1. The molecule has 1 N–H and O–H groups in total. The van der Waals surface area contributed by atoms with Crippen molar-refractivity contribution in [1.29, 1.82) is 0 Å². The second-order valence-corrected chi connectivity index (χ2v) is 7.35. The van der Waals surface area contributed by atoms with E-state index in [-0.39, 0.29) is 5.57 Å². The Morgan fingerprint density at radius 3 is 2.53 bits per heavy atom. The third-order valence-corrected chi connectivity index (χ3v) is 5.14. The first kappa shape index (κ1) is 21.6. The second-order valence-electron chi connectivity index (χ2n) is 7.35. The van der Waals surface area contributed by atoms with Crippen LogP contribution in [-0.4, -0.2) is 23.4 Å². The Balaban J connectivity index is 1.91. The Kier molecular flexibility index (Phi) is 6.87.